The van der Waals surface area contributed by atoms with Gasteiger partial charge in [0, 0.05) is 30.4 Å². The molecule has 248 valence electrons. The van der Waals surface area contributed by atoms with E-state index in [0.29, 0.717) is 60.8 Å². The lowest BCUT2D eigenvalue weighted by atomic mass is 10.1. The Morgan fingerprint density at radius 2 is 1.47 bits per heavy atom. The molecular formula is C33H39BrN8O5. The Bertz CT molecular complexity index is 1740. The average Bonchev–Trinajstić information content (AvgIpc) is 3.92. The smallest absolute Gasteiger partial charge is 0.222 e. The van der Waals surface area contributed by atoms with Gasteiger partial charge in [-0.25, -0.2) is 9.67 Å². The van der Waals surface area contributed by atoms with Gasteiger partial charge in [-0.15, -0.1) is 5.10 Å². The molecule has 2 aliphatic heterocycles. The number of nitrogens with zero attached hydrogens (tertiary/aromatic N) is 7. The number of hydrogen-bond acceptors (Lipinski definition) is 12. The Hall–Kier alpha value is -3.82. The number of halogens is 1. The molecule has 13 nitrogen and oxygen atoms in total. The van der Waals surface area contributed by atoms with Crippen molar-refractivity contribution < 1.29 is 23.4 Å². The summed E-state index contributed by atoms with van der Waals surface area (Å²) >= 11 is 3.39. The highest BCUT2D eigenvalue weighted by molar-refractivity contribution is 9.08. The van der Waals surface area contributed by atoms with Crippen molar-refractivity contribution in [3.63, 3.8) is 0 Å². The SMILES string of the molecule is BrCc1cccc(COCC2CCOC2)n1.Cc1ccc(-c2nc(N)nc3c2nnn3Cc2cccc(COCC3CCOC3)n2)o1. The highest BCUT2D eigenvalue weighted by Gasteiger charge is 2.19. The molecule has 7 heterocycles. The van der Waals surface area contributed by atoms with Gasteiger partial charge in [0.1, 0.15) is 11.5 Å². The minimum atomic E-state index is 0.131. The molecule has 2 N–H and O–H groups in total. The molecule has 47 heavy (non-hydrogen) atoms. The number of hydrogen-bond donors (Lipinski definition) is 1. The van der Waals surface area contributed by atoms with E-state index in [1.165, 1.54) is 0 Å². The first-order chi connectivity index (χ1) is 23.0. The minimum Gasteiger partial charge on any atom is -0.460 e. The number of fused-ring (bicyclic) bond motifs is 1. The zero-order valence-electron chi connectivity index (χ0n) is 26.4. The largest absolute Gasteiger partial charge is 0.460 e. The van der Waals surface area contributed by atoms with Crippen molar-refractivity contribution in [1.82, 2.24) is 34.9 Å². The average molecular weight is 708 g/mol. The van der Waals surface area contributed by atoms with E-state index >= 15 is 0 Å². The number of nitrogens with two attached hydrogens (primary N) is 1. The van der Waals surface area contributed by atoms with E-state index in [-0.39, 0.29) is 5.95 Å². The lowest BCUT2D eigenvalue weighted by Crippen LogP contribution is -2.10. The van der Waals surface area contributed by atoms with Crippen LogP contribution >= 0.6 is 15.9 Å². The fraction of sp³-hybridized carbons (Fsp3) is 0.455. The quantitative estimate of drug-likeness (QED) is 0.175. The molecule has 0 amide bonds. The molecule has 5 aromatic heterocycles. The highest BCUT2D eigenvalue weighted by Crippen LogP contribution is 2.27. The van der Waals surface area contributed by atoms with Gasteiger partial charge in [0.25, 0.3) is 0 Å². The van der Waals surface area contributed by atoms with Gasteiger partial charge in [-0.05, 0) is 56.2 Å². The second-order valence-electron chi connectivity index (χ2n) is 11.6. The van der Waals surface area contributed by atoms with Gasteiger partial charge in [0.15, 0.2) is 16.9 Å². The fourth-order valence-electron chi connectivity index (χ4n) is 5.34. The van der Waals surface area contributed by atoms with Crippen LogP contribution in [0, 0.1) is 18.8 Å². The highest BCUT2D eigenvalue weighted by atomic mass is 79.9. The second-order valence-corrected chi connectivity index (χ2v) is 12.2. The van der Waals surface area contributed by atoms with Gasteiger partial charge in [-0.3, -0.25) is 9.97 Å². The molecule has 2 unspecified atom stereocenters. The van der Waals surface area contributed by atoms with Crippen LogP contribution in [0.15, 0.2) is 52.9 Å². The summed E-state index contributed by atoms with van der Waals surface area (Å²) in [6.45, 7) is 8.10. The van der Waals surface area contributed by atoms with Crippen LogP contribution in [0.25, 0.3) is 22.6 Å². The number of pyridine rings is 2. The summed E-state index contributed by atoms with van der Waals surface area (Å²) in [5.74, 6) is 2.53. The Kier molecular flexibility index (Phi) is 11.5. The Morgan fingerprint density at radius 3 is 2.06 bits per heavy atom. The molecule has 0 bridgehead atoms. The summed E-state index contributed by atoms with van der Waals surface area (Å²) < 4.78 is 29.5. The predicted molar refractivity (Wildman–Crippen MR) is 177 cm³/mol. The zero-order valence-corrected chi connectivity index (χ0v) is 28.0. The first kappa shape index (κ1) is 33.1. The van der Waals surface area contributed by atoms with Crippen LogP contribution in [0.3, 0.4) is 0 Å². The Morgan fingerprint density at radius 1 is 0.830 bits per heavy atom. The van der Waals surface area contributed by atoms with Crippen molar-refractivity contribution in [2.24, 2.45) is 11.8 Å². The van der Waals surface area contributed by atoms with Gasteiger partial charge < -0.3 is 29.1 Å². The lowest BCUT2D eigenvalue weighted by molar-refractivity contribution is 0.0772. The van der Waals surface area contributed by atoms with Crippen molar-refractivity contribution in [3.05, 3.63) is 77.1 Å². The van der Waals surface area contributed by atoms with Crippen LogP contribution in [-0.2, 0) is 44.0 Å². The van der Waals surface area contributed by atoms with Gasteiger partial charge >= 0.3 is 0 Å². The molecule has 0 saturated carbocycles. The lowest BCUT2D eigenvalue weighted by Gasteiger charge is -2.09. The van der Waals surface area contributed by atoms with E-state index in [1.54, 1.807) is 4.68 Å². The Labute approximate surface area is 281 Å². The standard InChI is InChI=1S/C21H23N7O3.C12H16BrNO2/c1-13-5-6-17(31-13)18-19-20(25-21(22)24-18)28(27-26-19)9-15-3-2-4-16(23-15)12-30-11-14-7-8-29-10-14;13-6-11-2-1-3-12(14-11)9-16-8-10-4-5-15-7-10/h2-6,14H,7-12H2,1H3,(H2,22,24,25);1-3,10H,4-9H2. The summed E-state index contributed by atoms with van der Waals surface area (Å²) in [7, 11) is 0. The monoisotopic (exact) mass is 706 g/mol. The van der Waals surface area contributed by atoms with Gasteiger partial charge in [-0.2, -0.15) is 4.98 Å². The van der Waals surface area contributed by atoms with Crippen molar-refractivity contribution in [2.45, 2.75) is 44.9 Å². The van der Waals surface area contributed by atoms with E-state index in [0.717, 1.165) is 79.7 Å². The number of aryl methyl sites for hydroxylation is 1. The summed E-state index contributed by atoms with van der Waals surface area (Å²) in [4.78, 5) is 17.8. The maximum absolute atomic E-state index is 5.95. The van der Waals surface area contributed by atoms with Crippen LogP contribution in [-0.4, -0.2) is 74.6 Å². The maximum atomic E-state index is 5.95. The minimum absolute atomic E-state index is 0.131. The van der Waals surface area contributed by atoms with Crippen molar-refractivity contribution >= 4 is 33.0 Å². The molecule has 2 fully saturated rings. The molecule has 0 spiro atoms. The molecule has 2 aliphatic rings. The molecule has 5 aromatic rings. The number of aromatic nitrogens is 7. The fourth-order valence-corrected chi connectivity index (χ4v) is 5.65. The van der Waals surface area contributed by atoms with Crippen LogP contribution < -0.4 is 5.73 Å². The van der Waals surface area contributed by atoms with Crippen LogP contribution in [0.2, 0.25) is 0 Å². The third kappa shape index (κ3) is 9.17. The number of anilines is 1. The van der Waals surface area contributed by atoms with E-state index in [9.17, 15) is 0 Å². The van der Waals surface area contributed by atoms with Gasteiger partial charge in [0.2, 0.25) is 5.95 Å². The Balaban J connectivity index is 0.000000203. The molecule has 14 heteroatoms. The van der Waals surface area contributed by atoms with Crippen molar-refractivity contribution in [1.29, 1.82) is 0 Å². The normalized spacial score (nSPS) is 17.7. The van der Waals surface area contributed by atoms with E-state index in [2.05, 4.69) is 46.2 Å². The molecule has 0 aromatic carbocycles. The summed E-state index contributed by atoms with van der Waals surface area (Å²) in [6.07, 6.45) is 2.17. The third-order valence-corrected chi connectivity index (χ3v) is 8.36. The first-order valence-electron chi connectivity index (χ1n) is 15.7. The maximum Gasteiger partial charge on any atom is 0.222 e. The van der Waals surface area contributed by atoms with E-state index < -0.39 is 0 Å². The number of alkyl halides is 1. The number of furan rings is 1. The number of nitrogen functional groups attached to an aromatic ring is 1. The summed E-state index contributed by atoms with van der Waals surface area (Å²) in [5, 5.41) is 9.31. The summed E-state index contributed by atoms with van der Waals surface area (Å²) in [5.41, 5.74) is 11.3. The van der Waals surface area contributed by atoms with E-state index in [4.69, 9.17) is 29.1 Å². The molecule has 0 aliphatic carbocycles. The second kappa shape index (κ2) is 16.3. The molecular weight excluding hydrogens is 668 g/mol. The van der Waals surface area contributed by atoms with Gasteiger partial charge in [-0.1, -0.05) is 33.3 Å². The molecule has 7 rings (SSSR count). The zero-order chi connectivity index (χ0) is 32.4. The van der Waals surface area contributed by atoms with Crippen LogP contribution in [0.5, 0.6) is 0 Å². The van der Waals surface area contributed by atoms with Crippen LogP contribution in [0.1, 0.15) is 41.4 Å². The topological polar surface area (TPSA) is 158 Å². The van der Waals surface area contributed by atoms with Crippen LogP contribution in [0.4, 0.5) is 5.95 Å². The van der Waals surface area contributed by atoms with Crippen molar-refractivity contribution in [2.75, 3.05) is 45.4 Å². The summed E-state index contributed by atoms with van der Waals surface area (Å²) in [6, 6.07) is 15.6. The number of ether oxygens (including phenoxy) is 4. The molecule has 2 atom stereocenters. The van der Waals surface area contributed by atoms with E-state index in [1.807, 2.05) is 55.5 Å². The van der Waals surface area contributed by atoms with Crippen molar-refractivity contribution in [3.8, 4) is 11.5 Å². The molecule has 0 radical (unpaired) electrons. The third-order valence-electron chi connectivity index (χ3n) is 7.79. The van der Waals surface area contributed by atoms with Gasteiger partial charge in [0.05, 0.1) is 69.0 Å². The number of rotatable bonds is 12. The first-order valence-corrected chi connectivity index (χ1v) is 16.9. The predicted octanol–water partition coefficient (Wildman–Crippen LogP) is 4.90. The molecule has 2 saturated heterocycles.